The van der Waals surface area contributed by atoms with Crippen molar-refractivity contribution in [2.75, 3.05) is 50.0 Å². The van der Waals surface area contributed by atoms with Gasteiger partial charge in [0.05, 0.1) is 13.2 Å². The molecular formula is C26H37N6O2+. The molecule has 8 nitrogen and oxygen atoms in total. The number of hydrogen-bond donors (Lipinski definition) is 4. The van der Waals surface area contributed by atoms with Gasteiger partial charge in [0.1, 0.15) is 25.5 Å². The number of nitrogens with one attached hydrogen (secondary N) is 4. The second-order valence-electron chi connectivity index (χ2n) is 9.84. The van der Waals surface area contributed by atoms with Crippen LogP contribution in [0.2, 0.25) is 0 Å². The van der Waals surface area contributed by atoms with Crippen molar-refractivity contribution in [1.82, 2.24) is 15.3 Å². The first-order valence-electron chi connectivity index (χ1n) is 12.9. The van der Waals surface area contributed by atoms with Gasteiger partial charge >= 0.3 is 0 Å². The number of nitrogens with zero attached hydrogens (tertiary/aromatic N) is 2. The summed E-state index contributed by atoms with van der Waals surface area (Å²) in [6.07, 6.45) is 8.53. The number of carbonyl (C=O) groups is 1. The molecule has 1 aromatic heterocycles. The molecule has 2 heterocycles. The maximum Gasteiger partial charge on any atom is 0.229 e. The molecule has 1 amide bonds. The number of rotatable bonds is 11. The Labute approximate surface area is 201 Å². The van der Waals surface area contributed by atoms with Gasteiger partial charge in [-0.2, -0.15) is 4.98 Å². The lowest BCUT2D eigenvalue weighted by molar-refractivity contribution is -0.921. The zero-order chi connectivity index (χ0) is 23.2. The number of quaternary nitrogens is 1. The fourth-order valence-corrected chi connectivity index (χ4v) is 4.62. The van der Waals surface area contributed by atoms with Crippen LogP contribution in [0.25, 0.3) is 0 Å². The fourth-order valence-electron chi connectivity index (χ4n) is 4.62. The third-order valence-corrected chi connectivity index (χ3v) is 7.09. The average molecular weight is 466 g/mol. The molecule has 1 aliphatic heterocycles. The van der Waals surface area contributed by atoms with Crippen LogP contribution in [0.4, 0.5) is 17.5 Å². The minimum absolute atomic E-state index is 0.218. The molecule has 182 valence electrons. The Balaban J connectivity index is 1.16. The quantitative estimate of drug-likeness (QED) is 0.381. The molecule has 4 N–H and O–H groups in total. The third kappa shape index (κ3) is 6.24. The van der Waals surface area contributed by atoms with E-state index >= 15 is 0 Å². The zero-order valence-corrected chi connectivity index (χ0v) is 19.9. The van der Waals surface area contributed by atoms with E-state index in [0.29, 0.717) is 18.4 Å². The second kappa shape index (κ2) is 11.1. The number of hydrogen-bond acceptors (Lipinski definition) is 6. The molecule has 0 bridgehead atoms. The molecule has 34 heavy (non-hydrogen) atoms. The van der Waals surface area contributed by atoms with Crippen molar-refractivity contribution in [3.8, 4) is 0 Å². The molecule has 1 saturated heterocycles. The SMILES string of the molecule is O=C(NCCCNc1nc(Nc2cccc(C[NH+]3CCOCC3)c2)ncc1C1CC1)C1CCC1. The number of ether oxygens (including phenoxy) is 1. The third-order valence-electron chi connectivity index (χ3n) is 7.09. The monoisotopic (exact) mass is 465 g/mol. The smallest absolute Gasteiger partial charge is 0.229 e. The number of aromatic nitrogens is 2. The summed E-state index contributed by atoms with van der Waals surface area (Å²) in [5.41, 5.74) is 3.52. The molecule has 0 atom stereocenters. The van der Waals surface area contributed by atoms with Gasteiger partial charge in [-0.1, -0.05) is 18.6 Å². The summed E-state index contributed by atoms with van der Waals surface area (Å²) in [5, 5.41) is 9.96. The molecule has 0 spiro atoms. The maximum atomic E-state index is 12.0. The highest BCUT2D eigenvalue weighted by atomic mass is 16.5. The molecule has 3 aliphatic rings. The van der Waals surface area contributed by atoms with Crippen molar-refractivity contribution < 1.29 is 14.4 Å². The lowest BCUT2D eigenvalue weighted by Crippen LogP contribution is -3.12. The van der Waals surface area contributed by atoms with Gasteiger partial charge in [-0.05, 0) is 50.2 Å². The average Bonchev–Trinajstić information content (AvgIpc) is 3.64. The van der Waals surface area contributed by atoms with Crippen LogP contribution in [0.5, 0.6) is 0 Å². The van der Waals surface area contributed by atoms with Gasteiger partial charge in [-0.3, -0.25) is 4.79 Å². The van der Waals surface area contributed by atoms with E-state index in [1.807, 2.05) is 6.20 Å². The normalized spacial score (nSPS) is 18.8. The van der Waals surface area contributed by atoms with Crippen molar-refractivity contribution in [1.29, 1.82) is 0 Å². The minimum Gasteiger partial charge on any atom is -0.370 e. The highest BCUT2D eigenvalue weighted by Crippen LogP contribution is 2.42. The topological polar surface area (TPSA) is 92.6 Å². The summed E-state index contributed by atoms with van der Waals surface area (Å²) in [7, 11) is 0. The van der Waals surface area contributed by atoms with Crippen LogP contribution in [-0.4, -0.2) is 55.3 Å². The number of carbonyl (C=O) groups excluding carboxylic acids is 1. The van der Waals surface area contributed by atoms with Crippen molar-refractivity contribution in [3.63, 3.8) is 0 Å². The van der Waals surface area contributed by atoms with E-state index in [-0.39, 0.29) is 11.8 Å². The second-order valence-corrected chi connectivity index (χ2v) is 9.84. The first-order chi connectivity index (χ1) is 16.7. The highest BCUT2D eigenvalue weighted by molar-refractivity contribution is 5.79. The van der Waals surface area contributed by atoms with E-state index in [4.69, 9.17) is 9.72 Å². The van der Waals surface area contributed by atoms with Crippen LogP contribution in [0.1, 0.15) is 55.6 Å². The zero-order valence-electron chi connectivity index (χ0n) is 19.9. The van der Waals surface area contributed by atoms with Gasteiger partial charge in [0.25, 0.3) is 0 Å². The first-order valence-corrected chi connectivity index (χ1v) is 12.9. The highest BCUT2D eigenvalue weighted by Gasteiger charge is 2.28. The van der Waals surface area contributed by atoms with E-state index in [2.05, 4.69) is 45.2 Å². The summed E-state index contributed by atoms with van der Waals surface area (Å²) in [6, 6.07) is 8.53. The molecule has 2 aromatic rings. The van der Waals surface area contributed by atoms with E-state index < -0.39 is 0 Å². The van der Waals surface area contributed by atoms with E-state index in [0.717, 1.165) is 70.2 Å². The molecule has 0 radical (unpaired) electrons. The fraction of sp³-hybridized carbons (Fsp3) is 0.577. The predicted octanol–water partition coefficient (Wildman–Crippen LogP) is 2.23. The Morgan fingerprint density at radius 1 is 1.12 bits per heavy atom. The van der Waals surface area contributed by atoms with Crippen LogP contribution in [0.15, 0.2) is 30.5 Å². The molecule has 0 unspecified atom stereocenters. The van der Waals surface area contributed by atoms with Gasteiger partial charge in [-0.15, -0.1) is 0 Å². The standard InChI is InChI=1S/C26H36N6O2/c33-25(21-5-2-6-21)28-11-3-10-27-24-23(20-8-9-20)17-29-26(31-24)30-22-7-1-4-19(16-22)18-32-12-14-34-15-13-32/h1,4,7,16-17,20-21H,2-3,5-6,8-15,18H2,(H,28,33)(H2,27,29,30,31)/p+1. The number of anilines is 3. The van der Waals surface area contributed by atoms with Crippen molar-refractivity contribution >= 4 is 23.4 Å². The number of amides is 1. The lowest BCUT2D eigenvalue weighted by atomic mass is 9.85. The molecular weight excluding hydrogens is 428 g/mol. The Morgan fingerprint density at radius 3 is 2.74 bits per heavy atom. The summed E-state index contributed by atoms with van der Waals surface area (Å²) in [6.45, 7) is 6.29. The largest absolute Gasteiger partial charge is 0.370 e. The molecule has 8 heteroatoms. The van der Waals surface area contributed by atoms with Crippen LogP contribution in [-0.2, 0) is 16.1 Å². The molecule has 2 aliphatic carbocycles. The molecule has 2 saturated carbocycles. The molecule has 1 aromatic carbocycles. The Bertz CT molecular complexity index is 970. The van der Waals surface area contributed by atoms with Crippen molar-refractivity contribution in [3.05, 3.63) is 41.6 Å². The number of morpholine rings is 1. The summed E-state index contributed by atoms with van der Waals surface area (Å²) in [4.78, 5) is 23.0. The van der Waals surface area contributed by atoms with Gasteiger partial charge in [0.15, 0.2) is 0 Å². The predicted molar refractivity (Wildman–Crippen MR) is 132 cm³/mol. The summed E-state index contributed by atoms with van der Waals surface area (Å²) < 4.78 is 5.48. The van der Waals surface area contributed by atoms with Gasteiger partial charge in [0.2, 0.25) is 11.9 Å². The summed E-state index contributed by atoms with van der Waals surface area (Å²) >= 11 is 0. The molecule has 5 rings (SSSR count). The molecule has 3 fully saturated rings. The van der Waals surface area contributed by atoms with Crippen molar-refractivity contribution in [2.45, 2.75) is 51.0 Å². The Kier molecular flexibility index (Phi) is 7.56. The minimum atomic E-state index is 0.218. The van der Waals surface area contributed by atoms with E-state index in [9.17, 15) is 4.79 Å². The van der Waals surface area contributed by atoms with Crippen LogP contribution >= 0.6 is 0 Å². The first kappa shape index (κ1) is 23.1. The van der Waals surface area contributed by atoms with E-state index in [1.165, 1.54) is 30.4 Å². The maximum absolute atomic E-state index is 12.0. The van der Waals surface area contributed by atoms with Gasteiger partial charge in [0, 0.05) is 42.0 Å². The number of benzene rings is 1. The van der Waals surface area contributed by atoms with Crippen LogP contribution in [0, 0.1) is 5.92 Å². The van der Waals surface area contributed by atoms with E-state index in [1.54, 1.807) is 4.90 Å². The van der Waals surface area contributed by atoms with Crippen molar-refractivity contribution in [2.24, 2.45) is 5.92 Å². The van der Waals surface area contributed by atoms with Crippen LogP contribution in [0.3, 0.4) is 0 Å². The van der Waals surface area contributed by atoms with Gasteiger partial charge < -0.3 is 25.6 Å². The Morgan fingerprint density at radius 2 is 1.97 bits per heavy atom. The summed E-state index contributed by atoms with van der Waals surface area (Å²) in [5.74, 6) is 2.56. The lowest BCUT2D eigenvalue weighted by Gasteiger charge is -2.24. The van der Waals surface area contributed by atoms with Crippen LogP contribution < -0.4 is 20.9 Å². The van der Waals surface area contributed by atoms with Gasteiger partial charge in [-0.25, -0.2) is 4.98 Å². The Hall–Kier alpha value is -2.71.